The van der Waals surface area contributed by atoms with Gasteiger partial charge in [-0.25, -0.2) is 4.79 Å². The van der Waals surface area contributed by atoms with Crippen LogP contribution in [-0.2, 0) is 0 Å². The summed E-state index contributed by atoms with van der Waals surface area (Å²) in [5.74, 6) is 0.660. The first-order chi connectivity index (χ1) is 16.5. The van der Waals surface area contributed by atoms with Gasteiger partial charge in [0.2, 0.25) is 5.88 Å². The number of fused-ring (bicyclic) bond motifs is 1. The van der Waals surface area contributed by atoms with Crippen LogP contribution in [0.15, 0.2) is 90.8 Å². The van der Waals surface area contributed by atoms with Crippen molar-refractivity contribution < 1.29 is 23.7 Å². The van der Waals surface area contributed by atoms with E-state index >= 15 is 0 Å². The van der Waals surface area contributed by atoms with E-state index in [4.69, 9.17) is 24.7 Å². The number of methoxy groups -OCH3 is 1. The number of rotatable bonds is 7. The first kappa shape index (κ1) is 22.5. The van der Waals surface area contributed by atoms with E-state index in [9.17, 15) is 10.1 Å². The Morgan fingerprint density at radius 2 is 1.97 bits per heavy atom. The van der Waals surface area contributed by atoms with Crippen LogP contribution in [0.25, 0.3) is 0 Å². The third-order valence-corrected chi connectivity index (χ3v) is 5.29. The molecule has 1 aliphatic heterocycles. The second kappa shape index (κ2) is 9.84. The molecule has 34 heavy (non-hydrogen) atoms. The Balaban J connectivity index is 1.68. The fourth-order valence-corrected chi connectivity index (χ4v) is 3.76. The average Bonchev–Trinajstić information content (AvgIpc) is 2.86. The number of carbonyl (C=O) groups excluding carboxylic acids is 1. The number of carbonyl (C=O) groups is 1. The zero-order valence-corrected chi connectivity index (χ0v) is 18.5. The lowest BCUT2D eigenvalue weighted by Crippen LogP contribution is -2.21. The van der Waals surface area contributed by atoms with Crippen LogP contribution in [0.4, 0.5) is 0 Å². The van der Waals surface area contributed by atoms with Crippen LogP contribution in [0.3, 0.4) is 0 Å². The van der Waals surface area contributed by atoms with E-state index in [1.54, 1.807) is 48.5 Å². The maximum atomic E-state index is 12.7. The first-order valence-corrected chi connectivity index (χ1v) is 10.5. The summed E-state index contributed by atoms with van der Waals surface area (Å²) in [7, 11) is 1.48. The molecule has 1 aliphatic rings. The van der Waals surface area contributed by atoms with E-state index in [2.05, 4.69) is 12.6 Å². The van der Waals surface area contributed by atoms with Crippen molar-refractivity contribution in [2.75, 3.05) is 13.7 Å². The number of allylic oxidation sites excluding steroid dienone is 1. The van der Waals surface area contributed by atoms with Crippen LogP contribution in [0.5, 0.6) is 23.0 Å². The van der Waals surface area contributed by atoms with Crippen LogP contribution in [0.1, 0.15) is 27.4 Å². The second-order valence-electron chi connectivity index (χ2n) is 7.39. The molecule has 2 N–H and O–H groups in total. The monoisotopic (exact) mass is 454 g/mol. The van der Waals surface area contributed by atoms with Gasteiger partial charge in [-0.3, -0.25) is 0 Å². The fourth-order valence-electron chi connectivity index (χ4n) is 3.76. The number of para-hydroxylation sites is 1. The highest BCUT2D eigenvalue weighted by atomic mass is 16.5. The lowest BCUT2D eigenvalue weighted by atomic mass is 9.83. The molecule has 0 aliphatic carbocycles. The summed E-state index contributed by atoms with van der Waals surface area (Å²) in [5.41, 5.74) is 8.20. The third kappa shape index (κ3) is 4.43. The minimum absolute atomic E-state index is 0.00869. The van der Waals surface area contributed by atoms with Gasteiger partial charge in [-0.05, 0) is 35.9 Å². The van der Waals surface area contributed by atoms with E-state index < -0.39 is 11.9 Å². The topological polar surface area (TPSA) is 104 Å². The Hall–Kier alpha value is -4.70. The average molecular weight is 454 g/mol. The largest absolute Gasteiger partial charge is 0.496 e. The van der Waals surface area contributed by atoms with Crippen LogP contribution >= 0.6 is 0 Å². The van der Waals surface area contributed by atoms with E-state index in [0.717, 1.165) is 5.56 Å². The molecule has 0 aromatic heterocycles. The van der Waals surface area contributed by atoms with Gasteiger partial charge in [0.1, 0.15) is 46.8 Å². The molecule has 0 saturated carbocycles. The summed E-state index contributed by atoms with van der Waals surface area (Å²) in [6, 6.07) is 21.3. The van der Waals surface area contributed by atoms with E-state index in [-0.39, 0.29) is 17.2 Å². The summed E-state index contributed by atoms with van der Waals surface area (Å²) >= 11 is 0. The minimum Gasteiger partial charge on any atom is -0.496 e. The van der Waals surface area contributed by atoms with Crippen LogP contribution in [-0.4, -0.2) is 19.7 Å². The summed E-state index contributed by atoms with van der Waals surface area (Å²) in [6.45, 7) is 4.02. The van der Waals surface area contributed by atoms with Crippen molar-refractivity contribution >= 4 is 5.97 Å². The Bertz CT molecular complexity index is 1320. The fraction of sp³-hybridized carbons (Fsp3) is 0.111. The zero-order valence-electron chi connectivity index (χ0n) is 18.5. The Morgan fingerprint density at radius 1 is 1.15 bits per heavy atom. The number of hydrogen-bond donors (Lipinski definition) is 1. The number of nitrogens with zero attached hydrogens (tertiary/aromatic N) is 1. The highest BCUT2D eigenvalue weighted by molar-refractivity contribution is 5.94. The maximum Gasteiger partial charge on any atom is 0.347 e. The molecule has 4 rings (SSSR count). The van der Waals surface area contributed by atoms with Crippen LogP contribution < -0.4 is 24.7 Å². The molecule has 170 valence electrons. The molecular weight excluding hydrogens is 432 g/mol. The SMILES string of the molecule is C=CCOc1cccc(C2C(C#N)=C(N)Oc3cc(OC(=O)c4ccccc4OC)ccc32)c1. The van der Waals surface area contributed by atoms with Gasteiger partial charge in [-0.1, -0.05) is 43.0 Å². The molecule has 0 radical (unpaired) electrons. The summed E-state index contributed by atoms with van der Waals surface area (Å²) in [6.07, 6.45) is 1.66. The highest BCUT2D eigenvalue weighted by Gasteiger charge is 2.31. The summed E-state index contributed by atoms with van der Waals surface area (Å²) in [5, 5.41) is 9.78. The molecule has 7 nitrogen and oxygen atoms in total. The molecule has 1 heterocycles. The number of nitrogens with two attached hydrogens (primary N) is 1. The van der Waals surface area contributed by atoms with Gasteiger partial charge < -0.3 is 24.7 Å². The van der Waals surface area contributed by atoms with Gasteiger partial charge in [0.25, 0.3) is 0 Å². The summed E-state index contributed by atoms with van der Waals surface area (Å²) < 4.78 is 22.2. The third-order valence-electron chi connectivity index (χ3n) is 5.29. The van der Waals surface area contributed by atoms with Crippen molar-refractivity contribution in [2.24, 2.45) is 5.73 Å². The van der Waals surface area contributed by atoms with Crippen molar-refractivity contribution in [1.82, 2.24) is 0 Å². The zero-order chi connectivity index (χ0) is 24.1. The van der Waals surface area contributed by atoms with Gasteiger partial charge in [0.05, 0.1) is 13.0 Å². The predicted octanol–water partition coefficient (Wildman–Crippen LogP) is 4.70. The Kier molecular flexibility index (Phi) is 6.51. The normalized spacial score (nSPS) is 14.3. The molecule has 0 amide bonds. The lowest BCUT2D eigenvalue weighted by Gasteiger charge is -2.27. The Morgan fingerprint density at radius 3 is 2.74 bits per heavy atom. The number of nitriles is 1. The number of hydrogen-bond acceptors (Lipinski definition) is 7. The number of benzene rings is 3. The molecule has 0 spiro atoms. The summed E-state index contributed by atoms with van der Waals surface area (Å²) in [4.78, 5) is 12.7. The van der Waals surface area contributed by atoms with Crippen molar-refractivity contribution in [3.8, 4) is 29.1 Å². The van der Waals surface area contributed by atoms with Crippen molar-refractivity contribution in [3.05, 3.63) is 108 Å². The van der Waals surface area contributed by atoms with Gasteiger partial charge in [-0.2, -0.15) is 5.26 Å². The lowest BCUT2D eigenvalue weighted by molar-refractivity contribution is 0.0731. The molecule has 1 unspecified atom stereocenters. The molecule has 3 aromatic carbocycles. The van der Waals surface area contributed by atoms with Crippen molar-refractivity contribution in [2.45, 2.75) is 5.92 Å². The van der Waals surface area contributed by atoms with Gasteiger partial charge in [-0.15, -0.1) is 0 Å². The van der Waals surface area contributed by atoms with Crippen molar-refractivity contribution in [3.63, 3.8) is 0 Å². The van der Waals surface area contributed by atoms with E-state index in [1.807, 2.05) is 24.3 Å². The van der Waals surface area contributed by atoms with E-state index in [1.165, 1.54) is 7.11 Å². The van der Waals surface area contributed by atoms with E-state index in [0.29, 0.717) is 35.0 Å². The van der Waals surface area contributed by atoms with Crippen LogP contribution in [0, 0.1) is 11.3 Å². The standard InChI is InChI=1S/C27H22N2O5/c1-3-13-32-18-8-6-7-17(14-18)25-20-12-11-19(15-24(20)34-26(29)22(25)16-28)33-27(30)21-9-4-5-10-23(21)31-2/h3-12,14-15,25H,1,13,29H2,2H3. The van der Waals surface area contributed by atoms with Gasteiger partial charge >= 0.3 is 5.97 Å². The molecule has 0 fully saturated rings. The Labute approximate surface area is 197 Å². The minimum atomic E-state index is -0.571. The molecule has 0 bridgehead atoms. The molecule has 1 atom stereocenters. The smallest absolute Gasteiger partial charge is 0.347 e. The molecule has 0 saturated heterocycles. The maximum absolute atomic E-state index is 12.7. The first-order valence-electron chi connectivity index (χ1n) is 10.5. The quantitative estimate of drug-likeness (QED) is 0.314. The number of ether oxygens (including phenoxy) is 4. The van der Waals surface area contributed by atoms with Gasteiger partial charge in [0, 0.05) is 11.6 Å². The second-order valence-corrected chi connectivity index (χ2v) is 7.39. The highest BCUT2D eigenvalue weighted by Crippen LogP contribution is 2.44. The predicted molar refractivity (Wildman–Crippen MR) is 126 cm³/mol. The number of esters is 1. The van der Waals surface area contributed by atoms with Crippen LogP contribution in [0.2, 0.25) is 0 Å². The molecule has 3 aromatic rings. The van der Waals surface area contributed by atoms with Crippen molar-refractivity contribution in [1.29, 1.82) is 5.26 Å². The molecule has 7 heteroatoms. The molecular formula is C27H22N2O5. The van der Waals surface area contributed by atoms with Gasteiger partial charge in [0.15, 0.2) is 0 Å².